The number of aliphatic imine (C=N–C) groups is 1. The molecular formula is C19H32ClIN4O2. The maximum absolute atomic E-state index is 11.8. The maximum Gasteiger partial charge on any atom is 0.241 e. The van der Waals surface area contributed by atoms with Crippen LogP contribution in [-0.2, 0) is 16.0 Å². The van der Waals surface area contributed by atoms with Gasteiger partial charge in [-0.25, -0.2) is 4.99 Å². The molecule has 0 aliphatic rings. The first kappa shape index (κ1) is 25.9. The minimum atomic E-state index is -0.127. The zero-order valence-electron chi connectivity index (χ0n) is 16.6. The van der Waals surface area contributed by atoms with Crippen LogP contribution in [0, 0.1) is 5.41 Å². The SMILES string of the molecule is CCNC(=NCC(=O)NCCOC)NCC(C)(C)Cc1cccc(Cl)c1.I. The van der Waals surface area contributed by atoms with Gasteiger partial charge in [-0.05, 0) is 36.5 Å². The van der Waals surface area contributed by atoms with Crippen molar-refractivity contribution in [1.29, 1.82) is 0 Å². The Kier molecular flexibility index (Phi) is 13.5. The van der Waals surface area contributed by atoms with Gasteiger partial charge in [-0.2, -0.15) is 0 Å². The highest BCUT2D eigenvalue weighted by atomic mass is 127. The molecule has 0 heterocycles. The molecule has 3 N–H and O–H groups in total. The summed E-state index contributed by atoms with van der Waals surface area (Å²) in [6.07, 6.45) is 0.886. The van der Waals surface area contributed by atoms with E-state index in [1.165, 1.54) is 5.56 Å². The predicted molar refractivity (Wildman–Crippen MR) is 123 cm³/mol. The Labute approximate surface area is 184 Å². The van der Waals surface area contributed by atoms with Gasteiger partial charge in [0.05, 0.1) is 6.61 Å². The number of carbonyl (C=O) groups excluding carboxylic acids is 1. The number of carbonyl (C=O) groups is 1. The first-order valence-corrected chi connectivity index (χ1v) is 9.26. The van der Waals surface area contributed by atoms with Gasteiger partial charge >= 0.3 is 0 Å². The van der Waals surface area contributed by atoms with Crippen LogP contribution < -0.4 is 16.0 Å². The summed E-state index contributed by atoms with van der Waals surface area (Å²) in [5.74, 6) is 0.506. The Bertz CT molecular complexity index is 597. The molecule has 8 heteroatoms. The predicted octanol–water partition coefficient (Wildman–Crippen LogP) is 2.84. The molecule has 0 aliphatic heterocycles. The summed E-state index contributed by atoms with van der Waals surface area (Å²) in [4.78, 5) is 16.1. The molecule has 0 saturated carbocycles. The molecule has 0 fully saturated rings. The fourth-order valence-corrected chi connectivity index (χ4v) is 2.64. The van der Waals surface area contributed by atoms with Crippen LogP contribution in [0.15, 0.2) is 29.3 Å². The molecule has 6 nitrogen and oxygen atoms in total. The van der Waals surface area contributed by atoms with Gasteiger partial charge in [0.2, 0.25) is 5.91 Å². The number of nitrogens with one attached hydrogen (secondary N) is 3. The Hall–Kier alpha value is -1.06. The first-order valence-electron chi connectivity index (χ1n) is 8.88. The number of hydrogen-bond donors (Lipinski definition) is 3. The lowest BCUT2D eigenvalue weighted by molar-refractivity contribution is -0.119. The lowest BCUT2D eigenvalue weighted by Gasteiger charge is -2.26. The van der Waals surface area contributed by atoms with Crippen molar-refractivity contribution in [2.45, 2.75) is 27.2 Å². The second-order valence-electron chi connectivity index (χ2n) is 6.86. The summed E-state index contributed by atoms with van der Waals surface area (Å²) in [6.45, 7) is 8.86. The molecule has 0 aliphatic carbocycles. The van der Waals surface area contributed by atoms with Crippen molar-refractivity contribution in [3.05, 3.63) is 34.9 Å². The van der Waals surface area contributed by atoms with E-state index in [-0.39, 0.29) is 41.8 Å². The summed E-state index contributed by atoms with van der Waals surface area (Å²) >= 11 is 6.07. The van der Waals surface area contributed by atoms with E-state index in [1.54, 1.807) is 7.11 Å². The summed E-state index contributed by atoms with van der Waals surface area (Å²) in [6, 6.07) is 7.92. The van der Waals surface area contributed by atoms with Crippen LogP contribution in [0.1, 0.15) is 26.3 Å². The van der Waals surface area contributed by atoms with Gasteiger partial charge in [0.25, 0.3) is 0 Å². The van der Waals surface area contributed by atoms with E-state index in [0.29, 0.717) is 19.1 Å². The molecule has 0 unspecified atom stereocenters. The molecule has 0 radical (unpaired) electrons. The number of amides is 1. The zero-order valence-corrected chi connectivity index (χ0v) is 19.7. The lowest BCUT2D eigenvalue weighted by Crippen LogP contribution is -2.43. The van der Waals surface area contributed by atoms with Crippen LogP contribution >= 0.6 is 35.6 Å². The number of benzene rings is 1. The number of hydrogen-bond acceptors (Lipinski definition) is 3. The third-order valence-corrected chi connectivity index (χ3v) is 3.89. The molecule has 154 valence electrons. The Morgan fingerprint density at radius 1 is 1.26 bits per heavy atom. The highest BCUT2D eigenvalue weighted by Crippen LogP contribution is 2.22. The van der Waals surface area contributed by atoms with Crippen molar-refractivity contribution in [3.8, 4) is 0 Å². The fraction of sp³-hybridized carbons (Fsp3) is 0.579. The highest BCUT2D eigenvalue weighted by Gasteiger charge is 2.19. The van der Waals surface area contributed by atoms with E-state index in [0.717, 1.165) is 24.5 Å². The largest absolute Gasteiger partial charge is 0.383 e. The molecule has 27 heavy (non-hydrogen) atoms. The van der Waals surface area contributed by atoms with E-state index in [9.17, 15) is 4.79 Å². The van der Waals surface area contributed by atoms with Crippen molar-refractivity contribution in [1.82, 2.24) is 16.0 Å². The van der Waals surface area contributed by atoms with Crippen molar-refractivity contribution in [2.24, 2.45) is 10.4 Å². The summed E-state index contributed by atoms with van der Waals surface area (Å²) in [7, 11) is 1.60. The third-order valence-electron chi connectivity index (χ3n) is 3.66. The smallest absolute Gasteiger partial charge is 0.241 e. The summed E-state index contributed by atoms with van der Waals surface area (Å²) < 4.78 is 4.91. The Balaban J connectivity index is 0.00000676. The molecule has 0 spiro atoms. The average molecular weight is 511 g/mol. The highest BCUT2D eigenvalue weighted by molar-refractivity contribution is 14.0. The summed E-state index contributed by atoms with van der Waals surface area (Å²) in [5.41, 5.74) is 1.20. The van der Waals surface area contributed by atoms with Crippen LogP contribution in [-0.4, -0.2) is 51.8 Å². The zero-order chi connectivity index (χ0) is 19.4. The maximum atomic E-state index is 11.8. The molecule has 1 aromatic carbocycles. The van der Waals surface area contributed by atoms with Crippen molar-refractivity contribution in [3.63, 3.8) is 0 Å². The van der Waals surface area contributed by atoms with E-state index in [1.807, 2.05) is 25.1 Å². The van der Waals surface area contributed by atoms with E-state index < -0.39 is 0 Å². The number of methoxy groups -OCH3 is 1. The monoisotopic (exact) mass is 510 g/mol. The van der Waals surface area contributed by atoms with Gasteiger partial charge in [0.1, 0.15) is 6.54 Å². The fourth-order valence-electron chi connectivity index (χ4n) is 2.43. The van der Waals surface area contributed by atoms with Crippen molar-refractivity contribution >= 4 is 47.4 Å². The van der Waals surface area contributed by atoms with Gasteiger partial charge in [0, 0.05) is 31.8 Å². The molecule has 0 saturated heterocycles. The number of guanidine groups is 1. The van der Waals surface area contributed by atoms with Gasteiger partial charge in [-0.15, -0.1) is 24.0 Å². The van der Waals surface area contributed by atoms with E-state index in [4.69, 9.17) is 16.3 Å². The minimum Gasteiger partial charge on any atom is -0.383 e. The minimum absolute atomic E-state index is 0. The van der Waals surface area contributed by atoms with E-state index in [2.05, 4.69) is 40.9 Å². The quantitative estimate of drug-likeness (QED) is 0.196. The van der Waals surface area contributed by atoms with Crippen molar-refractivity contribution in [2.75, 3.05) is 39.9 Å². The number of rotatable bonds is 10. The molecule has 1 rings (SSSR count). The second kappa shape index (κ2) is 14.0. The van der Waals surface area contributed by atoms with Crippen LogP contribution in [0.25, 0.3) is 0 Å². The normalized spacial score (nSPS) is 11.5. The third kappa shape index (κ3) is 12.1. The van der Waals surface area contributed by atoms with Gasteiger partial charge in [0.15, 0.2) is 5.96 Å². The first-order chi connectivity index (χ1) is 12.4. The Morgan fingerprint density at radius 3 is 2.63 bits per heavy atom. The lowest BCUT2D eigenvalue weighted by atomic mass is 9.86. The van der Waals surface area contributed by atoms with Gasteiger partial charge < -0.3 is 20.7 Å². The molecule has 1 amide bonds. The van der Waals surface area contributed by atoms with Crippen LogP contribution in [0.3, 0.4) is 0 Å². The average Bonchev–Trinajstić information content (AvgIpc) is 2.57. The number of nitrogens with zero attached hydrogens (tertiary/aromatic N) is 1. The van der Waals surface area contributed by atoms with Crippen LogP contribution in [0.2, 0.25) is 5.02 Å². The molecular weight excluding hydrogens is 479 g/mol. The molecule has 0 atom stereocenters. The van der Waals surface area contributed by atoms with Crippen LogP contribution in [0.4, 0.5) is 0 Å². The summed E-state index contributed by atoms with van der Waals surface area (Å²) in [5, 5.41) is 9.99. The van der Waals surface area contributed by atoms with Gasteiger partial charge in [-0.3, -0.25) is 4.79 Å². The van der Waals surface area contributed by atoms with Gasteiger partial charge in [-0.1, -0.05) is 37.6 Å². The number of halogens is 2. The molecule has 0 bridgehead atoms. The molecule has 1 aromatic rings. The molecule has 0 aromatic heterocycles. The van der Waals surface area contributed by atoms with Crippen LogP contribution in [0.5, 0.6) is 0 Å². The topological polar surface area (TPSA) is 74.8 Å². The number of ether oxygens (including phenoxy) is 1. The standard InChI is InChI=1S/C19H31ClN4O2.HI/c1-5-21-18(23-13-17(25)22-9-10-26-4)24-14-19(2,3)12-15-7-6-8-16(20)11-15;/h6-8,11H,5,9-10,12-14H2,1-4H3,(H,22,25)(H2,21,23,24);1H. The van der Waals surface area contributed by atoms with Crippen molar-refractivity contribution < 1.29 is 9.53 Å². The van der Waals surface area contributed by atoms with E-state index >= 15 is 0 Å². The Morgan fingerprint density at radius 2 is 2.00 bits per heavy atom. The second-order valence-corrected chi connectivity index (χ2v) is 7.30.